The number of H-pyrrole nitrogens is 1. The van der Waals surface area contributed by atoms with Crippen molar-refractivity contribution in [3.63, 3.8) is 0 Å². The molecule has 3 aromatic heterocycles. The molecule has 4 aromatic rings. The number of aromatic amines is 1. The molecule has 6 heteroatoms. The zero-order valence-electron chi connectivity index (χ0n) is 12.2. The summed E-state index contributed by atoms with van der Waals surface area (Å²) in [6.07, 6.45) is -0.0942. The normalized spacial score (nSPS) is 16.8. The van der Waals surface area contributed by atoms with Crippen molar-refractivity contribution in [3.05, 3.63) is 50.9 Å². The highest BCUT2D eigenvalue weighted by Crippen LogP contribution is 2.43. The van der Waals surface area contributed by atoms with Gasteiger partial charge in [0.05, 0.1) is 20.8 Å². The van der Waals surface area contributed by atoms with Gasteiger partial charge in [0.15, 0.2) is 0 Å². The third-order valence-electron chi connectivity index (χ3n) is 4.29. The quantitative estimate of drug-likeness (QED) is 0.479. The monoisotopic (exact) mass is 340 g/mol. The van der Waals surface area contributed by atoms with E-state index in [-0.39, 0.29) is 11.7 Å². The van der Waals surface area contributed by atoms with Gasteiger partial charge in [0.2, 0.25) is 0 Å². The molecule has 0 saturated carbocycles. The topological polar surface area (TPSA) is 54.1 Å². The van der Waals surface area contributed by atoms with Gasteiger partial charge in [0, 0.05) is 16.3 Å². The maximum atomic E-state index is 12.5. The average molecular weight is 340 g/mol. The smallest absolute Gasteiger partial charge is 0.256 e. The lowest BCUT2D eigenvalue weighted by molar-refractivity contribution is 0.118. The van der Waals surface area contributed by atoms with Gasteiger partial charge in [-0.15, -0.1) is 22.7 Å². The van der Waals surface area contributed by atoms with Gasteiger partial charge in [0.25, 0.3) is 5.56 Å². The number of thiophene rings is 2. The first kappa shape index (κ1) is 13.3. The van der Waals surface area contributed by atoms with E-state index in [1.54, 1.807) is 22.7 Å². The van der Waals surface area contributed by atoms with Crippen molar-refractivity contribution in [1.29, 1.82) is 0 Å². The van der Waals surface area contributed by atoms with Crippen molar-refractivity contribution >= 4 is 49.4 Å². The number of hydrogen-bond donors (Lipinski definition) is 2. The molecule has 0 fully saturated rings. The fraction of sp³-hybridized carbons (Fsp3) is 0.118. The van der Waals surface area contributed by atoms with E-state index in [9.17, 15) is 4.79 Å². The SMILES string of the molecule is CC1ONc2ccsc2-c2cc3c(=O)[nH]c4ccsc4c3cc21. The molecule has 5 rings (SSSR count). The Bertz CT molecular complexity index is 1120. The third kappa shape index (κ3) is 1.83. The molecule has 0 bridgehead atoms. The molecule has 114 valence electrons. The standard InChI is InChI=1S/C17H12N2O2S2/c1-8-9-6-11-12(17(20)18-13-2-4-22-15(11)13)7-10(9)16-14(19-21-8)3-5-23-16/h2-8,19H,1H3,(H,18,20). The van der Waals surface area contributed by atoms with Crippen LogP contribution in [-0.4, -0.2) is 4.98 Å². The molecule has 0 spiro atoms. The summed E-state index contributed by atoms with van der Waals surface area (Å²) in [5, 5.41) is 5.75. The Morgan fingerprint density at radius 1 is 1.13 bits per heavy atom. The number of fused-ring (bicyclic) bond motifs is 6. The van der Waals surface area contributed by atoms with Gasteiger partial charge >= 0.3 is 0 Å². The molecule has 1 atom stereocenters. The molecule has 1 aromatic carbocycles. The van der Waals surface area contributed by atoms with Crippen LogP contribution in [0, 0.1) is 0 Å². The summed E-state index contributed by atoms with van der Waals surface area (Å²) >= 11 is 3.30. The third-order valence-corrected chi connectivity index (χ3v) is 6.18. The predicted molar refractivity (Wildman–Crippen MR) is 96.4 cm³/mol. The van der Waals surface area contributed by atoms with E-state index in [1.165, 1.54) is 0 Å². The van der Waals surface area contributed by atoms with Crippen LogP contribution in [-0.2, 0) is 4.84 Å². The summed E-state index contributed by atoms with van der Waals surface area (Å²) in [7, 11) is 0. The van der Waals surface area contributed by atoms with Crippen LogP contribution in [0.4, 0.5) is 5.69 Å². The summed E-state index contributed by atoms with van der Waals surface area (Å²) in [6, 6.07) is 8.06. The number of pyridine rings is 1. The Morgan fingerprint density at radius 3 is 2.91 bits per heavy atom. The molecule has 1 unspecified atom stereocenters. The van der Waals surface area contributed by atoms with Crippen molar-refractivity contribution in [3.8, 4) is 10.4 Å². The molecule has 0 amide bonds. The Hall–Kier alpha value is -2.15. The van der Waals surface area contributed by atoms with E-state index in [4.69, 9.17) is 4.84 Å². The second kappa shape index (κ2) is 4.67. The van der Waals surface area contributed by atoms with Crippen molar-refractivity contribution in [2.75, 3.05) is 5.48 Å². The number of hydrogen-bond acceptors (Lipinski definition) is 5. The second-order valence-electron chi connectivity index (χ2n) is 5.63. The van der Waals surface area contributed by atoms with E-state index in [0.717, 1.165) is 42.7 Å². The van der Waals surface area contributed by atoms with Crippen LogP contribution >= 0.6 is 22.7 Å². The lowest BCUT2D eigenvalue weighted by Crippen LogP contribution is -2.07. The van der Waals surface area contributed by atoms with Crippen molar-refractivity contribution in [2.45, 2.75) is 13.0 Å². The van der Waals surface area contributed by atoms with Gasteiger partial charge in [-0.3, -0.25) is 15.1 Å². The maximum Gasteiger partial charge on any atom is 0.256 e. The molecule has 4 heterocycles. The van der Waals surface area contributed by atoms with Crippen LogP contribution in [0.3, 0.4) is 0 Å². The molecule has 4 nitrogen and oxygen atoms in total. The van der Waals surface area contributed by atoms with Crippen LogP contribution in [0.25, 0.3) is 31.4 Å². The molecule has 2 N–H and O–H groups in total. The van der Waals surface area contributed by atoms with Gasteiger partial charge in [-0.1, -0.05) is 0 Å². The van der Waals surface area contributed by atoms with Crippen LogP contribution in [0.15, 0.2) is 39.8 Å². The zero-order valence-corrected chi connectivity index (χ0v) is 13.8. The average Bonchev–Trinajstić information content (AvgIpc) is 3.18. The summed E-state index contributed by atoms with van der Waals surface area (Å²) in [5.41, 5.74) is 7.01. The largest absolute Gasteiger partial charge is 0.321 e. The van der Waals surface area contributed by atoms with E-state index < -0.39 is 0 Å². The van der Waals surface area contributed by atoms with E-state index in [0.29, 0.717) is 0 Å². The molecular formula is C17H12N2O2S2. The first-order valence-electron chi connectivity index (χ1n) is 7.29. The Kier molecular flexibility index (Phi) is 2.70. The fourth-order valence-electron chi connectivity index (χ4n) is 3.14. The van der Waals surface area contributed by atoms with Crippen LogP contribution in [0.5, 0.6) is 0 Å². The van der Waals surface area contributed by atoms with Crippen molar-refractivity contribution in [1.82, 2.24) is 4.98 Å². The lowest BCUT2D eigenvalue weighted by Gasteiger charge is -2.13. The summed E-state index contributed by atoms with van der Waals surface area (Å²) < 4.78 is 1.11. The first-order valence-corrected chi connectivity index (χ1v) is 9.05. The van der Waals surface area contributed by atoms with Crippen molar-refractivity contribution in [2.24, 2.45) is 0 Å². The fourth-order valence-corrected chi connectivity index (χ4v) is 4.91. The highest BCUT2D eigenvalue weighted by Gasteiger charge is 2.23. The summed E-state index contributed by atoms with van der Waals surface area (Å²) in [5.74, 6) is 0. The predicted octanol–water partition coefficient (Wildman–Crippen LogP) is 4.89. The molecule has 1 aliphatic heterocycles. The maximum absolute atomic E-state index is 12.5. The van der Waals surface area contributed by atoms with Gasteiger partial charge in [-0.2, -0.15) is 0 Å². The summed E-state index contributed by atoms with van der Waals surface area (Å²) in [6.45, 7) is 2.02. The van der Waals surface area contributed by atoms with Crippen LogP contribution < -0.4 is 11.0 Å². The molecule has 0 saturated heterocycles. The van der Waals surface area contributed by atoms with Gasteiger partial charge in [0.1, 0.15) is 6.10 Å². The number of benzene rings is 1. The minimum Gasteiger partial charge on any atom is -0.321 e. The highest BCUT2D eigenvalue weighted by atomic mass is 32.1. The lowest BCUT2D eigenvalue weighted by atomic mass is 9.97. The van der Waals surface area contributed by atoms with Gasteiger partial charge in [-0.05, 0) is 47.5 Å². The molecule has 0 aliphatic carbocycles. The molecule has 23 heavy (non-hydrogen) atoms. The van der Waals surface area contributed by atoms with E-state index >= 15 is 0 Å². The zero-order chi connectivity index (χ0) is 15.6. The Balaban J connectivity index is 1.96. The second-order valence-corrected chi connectivity index (χ2v) is 7.46. The Morgan fingerprint density at radius 2 is 2.00 bits per heavy atom. The highest BCUT2D eigenvalue weighted by molar-refractivity contribution is 7.18. The molecule has 1 aliphatic rings. The Labute approximate surface area is 139 Å². The van der Waals surface area contributed by atoms with Gasteiger partial charge < -0.3 is 4.98 Å². The van der Waals surface area contributed by atoms with Crippen LogP contribution in [0.1, 0.15) is 18.6 Å². The summed E-state index contributed by atoms with van der Waals surface area (Å²) in [4.78, 5) is 22.3. The number of aromatic nitrogens is 1. The van der Waals surface area contributed by atoms with E-state index in [2.05, 4.69) is 16.5 Å². The minimum absolute atomic E-state index is 0.0439. The molecular weight excluding hydrogens is 328 g/mol. The first-order chi connectivity index (χ1) is 11.2. The van der Waals surface area contributed by atoms with E-state index in [1.807, 2.05) is 35.9 Å². The van der Waals surface area contributed by atoms with Gasteiger partial charge in [-0.25, -0.2) is 0 Å². The van der Waals surface area contributed by atoms with Crippen LogP contribution in [0.2, 0.25) is 0 Å². The number of anilines is 1. The minimum atomic E-state index is -0.0942. The number of rotatable bonds is 0. The number of nitrogens with one attached hydrogen (secondary N) is 2. The van der Waals surface area contributed by atoms with Crippen molar-refractivity contribution < 1.29 is 4.84 Å². The molecule has 0 radical (unpaired) electrons.